The molecule has 104 valence electrons. The number of carbonyl (C=O) groups is 1. The number of thiophene rings is 1. The highest BCUT2D eigenvalue weighted by molar-refractivity contribution is 7.13. The lowest BCUT2D eigenvalue weighted by molar-refractivity contribution is -0.0228. The van der Waals surface area contributed by atoms with Crippen LogP contribution in [0, 0.1) is 6.92 Å². The zero-order chi connectivity index (χ0) is 13.9. The van der Waals surface area contributed by atoms with Gasteiger partial charge in [-0.2, -0.15) is 0 Å². The molecule has 3 rings (SSSR count). The molecule has 20 heavy (non-hydrogen) atoms. The van der Waals surface area contributed by atoms with Crippen molar-refractivity contribution in [3.8, 4) is 0 Å². The van der Waals surface area contributed by atoms with Crippen LogP contribution in [0.1, 0.15) is 26.2 Å². The molecule has 0 aliphatic carbocycles. The first-order valence-electron chi connectivity index (χ1n) is 6.61. The molecule has 3 heterocycles. The minimum atomic E-state index is -0.0811. The zero-order valence-electron chi connectivity index (χ0n) is 11.3. The van der Waals surface area contributed by atoms with Crippen LogP contribution >= 0.6 is 11.3 Å². The molecular weight excluding hydrogens is 272 g/mol. The lowest BCUT2D eigenvalue weighted by Gasteiger charge is -2.32. The molecule has 1 aliphatic rings. The summed E-state index contributed by atoms with van der Waals surface area (Å²) < 4.78 is 5.75. The van der Waals surface area contributed by atoms with E-state index in [4.69, 9.17) is 4.74 Å². The van der Waals surface area contributed by atoms with Gasteiger partial charge in [-0.05, 0) is 25.1 Å². The molecule has 0 unspecified atom stereocenters. The van der Waals surface area contributed by atoms with Gasteiger partial charge in [-0.3, -0.25) is 9.78 Å². The lowest BCUT2D eigenvalue weighted by Crippen LogP contribution is -2.42. The molecule has 0 saturated carbocycles. The fourth-order valence-corrected chi connectivity index (χ4v) is 3.14. The summed E-state index contributed by atoms with van der Waals surface area (Å²) in [7, 11) is 0. The predicted octanol–water partition coefficient (Wildman–Crippen LogP) is 2.67. The minimum Gasteiger partial charge on any atom is -0.370 e. The van der Waals surface area contributed by atoms with Gasteiger partial charge in [0.1, 0.15) is 6.10 Å². The van der Waals surface area contributed by atoms with Gasteiger partial charge in [-0.15, -0.1) is 11.3 Å². The largest absolute Gasteiger partial charge is 0.370 e. The van der Waals surface area contributed by atoms with E-state index in [1.165, 1.54) is 0 Å². The van der Waals surface area contributed by atoms with Gasteiger partial charge in [0.2, 0.25) is 0 Å². The van der Waals surface area contributed by atoms with Gasteiger partial charge in [-0.25, -0.2) is 0 Å². The van der Waals surface area contributed by atoms with Crippen molar-refractivity contribution in [2.45, 2.75) is 13.0 Å². The Morgan fingerprint density at radius 3 is 3.05 bits per heavy atom. The van der Waals surface area contributed by atoms with Crippen LogP contribution in [0.25, 0.3) is 0 Å². The highest BCUT2D eigenvalue weighted by atomic mass is 32.1. The Labute approximate surface area is 122 Å². The molecule has 4 nitrogen and oxygen atoms in total. The van der Waals surface area contributed by atoms with E-state index < -0.39 is 0 Å². The molecule has 1 fully saturated rings. The van der Waals surface area contributed by atoms with E-state index >= 15 is 0 Å². The Kier molecular flexibility index (Phi) is 3.80. The summed E-state index contributed by atoms with van der Waals surface area (Å²) in [6, 6.07) is 7.76. The van der Waals surface area contributed by atoms with E-state index in [2.05, 4.69) is 4.98 Å². The number of hydrogen-bond acceptors (Lipinski definition) is 4. The second kappa shape index (κ2) is 5.73. The number of aromatic nitrogens is 1. The van der Waals surface area contributed by atoms with E-state index in [1.54, 1.807) is 23.7 Å². The van der Waals surface area contributed by atoms with Crippen molar-refractivity contribution in [1.82, 2.24) is 9.88 Å². The van der Waals surface area contributed by atoms with Gasteiger partial charge in [0.25, 0.3) is 5.91 Å². The first kappa shape index (κ1) is 13.3. The maximum absolute atomic E-state index is 12.5. The van der Waals surface area contributed by atoms with E-state index in [0.717, 1.165) is 15.3 Å². The van der Waals surface area contributed by atoms with Crippen molar-refractivity contribution in [3.05, 3.63) is 52.0 Å². The van der Waals surface area contributed by atoms with Crippen LogP contribution in [-0.4, -0.2) is 35.5 Å². The predicted molar refractivity (Wildman–Crippen MR) is 77.9 cm³/mol. The molecule has 0 N–H and O–H groups in total. The number of carbonyl (C=O) groups excluding carboxylic acids is 1. The Hall–Kier alpha value is -1.72. The number of amides is 1. The molecule has 0 radical (unpaired) electrons. The summed E-state index contributed by atoms with van der Waals surface area (Å²) in [5, 5.41) is 0. The van der Waals surface area contributed by atoms with Crippen LogP contribution in [0.2, 0.25) is 0 Å². The maximum Gasteiger partial charge on any atom is 0.264 e. The van der Waals surface area contributed by atoms with Crippen LogP contribution in [0.15, 0.2) is 36.7 Å². The fraction of sp³-hybridized carbons (Fsp3) is 0.333. The molecule has 2 aromatic heterocycles. The normalized spacial score (nSPS) is 19.1. The van der Waals surface area contributed by atoms with Gasteiger partial charge < -0.3 is 9.64 Å². The number of hydrogen-bond donors (Lipinski definition) is 0. The SMILES string of the molecule is Cc1ccc(C(=O)N2CCO[C@H](c3cccnc3)C2)s1. The highest BCUT2D eigenvalue weighted by Crippen LogP contribution is 2.24. The molecule has 1 amide bonds. The standard InChI is InChI=1S/C15H16N2O2S/c1-11-4-5-14(20-11)15(18)17-7-8-19-13(10-17)12-3-2-6-16-9-12/h2-6,9,13H,7-8,10H2,1H3/t13-/m0/s1. The van der Waals surface area contributed by atoms with Crippen molar-refractivity contribution in [2.24, 2.45) is 0 Å². The van der Waals surface area contributed by atoms with E-state index in [-0.39, 0.29) is 12.0 Å². The quantitative estimate of drug-likeness (QED) is 0.853. The third kappa shape index (κ3) is 2.73. The average molecular weight is 288 g/mol. The van der Waals surface area contributed by atoms with Crippen molar-refractivity contribution in [1.29, 1.82) is 0 Å². The maximum atomic E-state index is 12.5. The van der Waals surface area contributed by atoms with Crippen molar-refractivity contribution in [3.63, 3.8) is 0 Å². The second-order valence-corrected chi connectivity index (χ2v) is 6.10. The molecule has 0 spiro atoms. The second-order valence-electron chi connectivity index (χ2n) is 4.81. The number of morpholine rings is 1. The number of pyridine rings is 1. The molecule has 1 atom stereocenters. The van der Waals surface area contributed by atoms with Gasteiger partial charge in [-0.1, -0.05) is 6.07 Å². The summed E-state index contributed by atoms with van der Waals surface area (Å²) in [5.41, 5.74) is 1.02. The molecule has 5 heteroatoms. The summed E-state index contributed by atoms with van der Waals surface area (Å²) >= 11 is 1.54. The number of nitrogens with zero attached hydrogens (tertiary/aromatic N) is 2. The summed E-state index contributed by atoms with van der Waals surface area (Å²) in [5.74, 6) is 0.0975. The van der Waals surface area contributed by atoms with Gasteiger partial charge in [0, 0.05) is 29.4 Å². The van der Waals surface area contributed by atoms with Crippen LogP contribution in [0.3, 0.4) is 0 Å². The number of ether oxygens (including phenoxy) is 1. The first-order chi connectivity index (χ1) is 9.74. The first-order valence-corrected chi connectivity index (χ1v) is 7.43. The average Bonchev–Trinajstić information content (AvgIpc) is 2.94. The van der Waals surface area contributed by atoms with Crippen LogP contribution in [0.4, 0.5) is 0 Å². The Balaban J connectivity index is 1.74. The summed E-state index contributed by atoms with van der Waals surface area (Å²) in [6.07, 6.45) is 3.46. The van der Waals surface area contributed by atoms with Crippen LogP contribution in [-0.2, 0) is 4.74 Å². The monoisotopic (exact) mass is 288 g/mol. The molecule has 0 aromatic carbocycles. The molecule has 0 bridgehead atoms. The fourth-order valence-electron chi connectivity index (χ4n) is 2.31. The van der Waals surface area contributed by atoms with E-state index in [1.807, 2.05) is 36.1 Å². The van der Waals surface area contributed by atoms with Crippen molar-refractivity contribution >= 4 is 17.2 Å². The smallest absolute Gasteiger partial charge is 0.264 e. The van der Waals surface area contributed by atoms with Crippen LogP contribution < -0.4 is 0 Å². The van der Waals surface area contributed by atoms with Gasteiger partial charge in [0.05, 0.1) is 18.0 Å². The summed E-state index contributed by atoms with van der Waals surface area (Å²) in [4.78, 5) is 20.4. The van der Waals surface area contributed by atoms with Crippen molar-refractivity contribution < 1.29 is 9.53 Å². The highest BCUT2D eigenvalue weighted by Gasteiger charge is 2.26. The molecule has 1 saturated heterocycles. The number of aryl methyl sites for hydroxylation is 1. The number of rotatable bonds is 2. The molecular formula is C15H16N2O2S. The molecule has 1 aliphatic heterocycles. The molecule has 2 aromatic rings. The lowest BCUT2D eigenvalue weighted by atomic mass is 10.1. The van der Waals surface area contributed by atoms with Crippen molar-refractivity contribution in [2.75, 3.05) is 19.7 Å². The van der Waals surface area contributed by atoms with Gasteiger partial charge in [0.15, 0.2) is 0 Å². The zero-order valence-corrected chi connectivity index (χ0v) is 12.1. The van der Waals surface area contributed by atoms with Gasteiger partial charge >= 0.3 is 0 Å². The minimum absolute atomic E-state index is 0.0811. The van der Waals surface area contributed by atoms with Crippen LogP contribution in [0.5, 0.6) is 0 Å². The van der Waals surface area contributed by atoms with E-state index in [9.17, 15) is 4.79 Å². The Morgan fingerprint density at radius 2 is 2.35 bits per heavy atom. The Bertz CT molecular complexity index is 597. The Morgan fingerprint density at radius 1 is 1.45 bits per heavy atom. The van der Waals surface area contributed by atoms with E-state index in [0.29, 0.717) is 19.7 Å². The third-order valence-corrected chi connectivity index (χ3v) is 4.35. The topological polar surface area (TPSA) is 42.4 Å². The summed E-state index contributed by atoms with van der Waals surface area (Å²) in [6.45, 7) is 3.81. The third-order valence-electron chi connectivity index (χ3n) is 3.36.